The van der Waals surface area contributed by atoms with Crippen LogP contribution in [0.4, 0.5) is 4.79 Å². The number of aliphatic imine (C=N–C) groups is 1. The average Bonchev–Trinajstić information content (AvgIpc) is 4.11. The fourth-order valence-corrected chi connectivity index (χ4v) is 8.66. The predicted molar refractivity (Wildman–Crippen MR) is 230 cm³/mol. The van der Waals surface area contributed by atoms with Gasteiger partial charge in [-0.2, -0.15) is 4.99 Å². The number of nitrogens with one attached hydrogen (secondary N) is 2. The van der Waals surface area contributed by atoms with Gasteiger partial charge in [-0.05, 0) is 76.8 Å². The molecule has 3 aliphatic heterocycles. The molecule has 3 aliphatic rings. The lowest BCUT2D eigenvalue weighted by molar-refractivity contribution is -0.461. The molecule has 4 heterocycles. The number of hydrogen-bond acceptors (Lipinski definition) is 7. The van der Waals surface area contributed by atoms with Crippen LogP contribution in [0.15, 0.2) is 108 Å². The highest BCUT2D eigenvalue weighted by atomic mass is 16.5. The number of alkyl carbamates (subject to hydrolysis) is 1. The van der Waals surface area contributed by atoms with Crippen molar-refractivity contribution in [2.45, 2.75) is 76.5 Å². The van der Waals surface area contributed by atoms with Gasteiger partial charge in [0.15, 0.2) is 0 Å². The Morgan fingerprint density at radius 2 is 1.59 bits per heavy atom. The Morgan fingerprint density at radius 3 is 2.31 bits per heavy atom. The molecule has 0 saturated carbocycles. The molecule has 2 fully saturated rings. The van der Waals surface area contributed by atoms with E-state index >= 15 is 0 Å². The van der Waals surface area contributed by atoms with Crippen molar-refractivity contribution >= 4 is 40.2 Å². The number of rotatable bonds is 11. The van der Waals surface area contributed by atoms with Crippen molar-refractivity contribution in [3.05, 3.63) is 120 Å². The van der Waals surface area contributed by atoms with Crippen LogP contribution >= 0.6 is 0 Å². The second-order valence-corrected chi connectivity index (χ2v) is 16.2. The number of carbonyl (C=O) groups is 3. The highest BCUT2D eigenvalue weighted by Gasteiger charge is 2.41. The molecule has 5 aromatic rings. The molecule has 8 rings (SSSR count). The molecule has 0 aliphatic carbocycles. The lowest BCUT2D eigenvalue weighted by Gasteiger charge is -2.27. The Balaban J connectivity index is 0.967. The number of aromatic amines is 1. The van der Waals surface area contributed by atoms with Crippen molar-refractivity contribution in [1.29, 1.82) is 0 Å². The number of imidazole rings is 1. The fraction of sp³-hybridized carbons (Fsp3) is 0.340. The van der Waals surface area contributed by atoms with E-state index in [-0.39, 0.29) is 35.7 Å². The standard InChI is InChI=1S/C47H52N8O4/c1-5-37(53-47(58)59-4)45(56)55-27-36(29-10-7-6-8-11-29)24-41(55)44-50-25-38(51-44)31-15-13-30(14-16-31)32-17-18-34-23-35(20-19-33(34)22-32)39-26-49-43(52-39)40-12-9-21-54(40)46(57)42(48)28(2)3/h6-8,10-11,13-20,22-23,25-26,28,36-37,40-42H,5,9,12,21,24,27,48H2,1-4H3,(H,49,52)(H,50,51)(H,53,58)/p+1/t36-,37+,40+,41+,42+/m1/s1. The number of ether oxygens (including phenoxy) is 1. The normalized spacial score (nSPS) is 20.1. The second kappa shape index (κ2) is 17.0. The summed E-state index contributed by atoms with van der Waals surface area (Å²) in [6.45, 7) is 7.09. The molecule has 6 N–H and O–H groups in total. The van der Waals surface area contributed by atoms with E-state index in [9.17, 15) is 14.4 Å². The Kier molecular flexibility index (Phi) is 11.4. The summed E-state index contributed by atoms with van der Waals surface area (Å²) in [5, 5.41) is 7.01. The number of H-pyrrole nitrogens is 1. The summed E-state index contributed by atoms with van der Waals surface area (Å²) in [5.41, 5.74) is 13.4. The number of nitrogens with zero attached hydrogens (tertiary/aromatic N) is 4. The second-order valence-electron chi connectivity index (χ2n) is 16.2. The Labute approximate surface area is 344 Å². The number of amidine groups is 1. The van der Waals surface area contributed by atoms with Crippen molar-refractivity contribution < 1.29 is 24.4 Å². The van der Waals surface area contributed by atoms with Gasteiger partial charge in [0, 0.05) is 24.6 Å². The molecule has 0 spiro atoms. The molecule has 0 unspecified atom stereocenters. The molecular weight excluding hydrogens is 741 g/mol. The van der Waals surface area contributed by atoms with Crippen LogP contribution in [-0.2, 0) is 14.3 Å². The van der Waals surface area contributed by atoms with Crippen LogP contribution < -0.4 is 16.4 Å². The largest absolute Gasteiger partial charge is 0.453 e. The lowest BCUT2D eigenvalue weighted by atomic mass is 9.96. The summed E-state index contributed by atoms with van der Waals surface area (Å²) in [5.74, 6) is 1.71. The molecule has 0 bridgehead atoms. The number of carbonyl (C=O) groups excluding carboxylic acids is 3. The van der Waals surface area contributed by atoms with Gasteiger partial charge in [-0.3, -0.25) is 14.9 Å². The van der Waals surface area contributed by atoms with Crippen LogP contribution in [0.25, 0.3) is 38.9 Å². The quantitative estimate of drug-likeness (QED) is 0.122. The number of benzene rings is 4. The molecule has 1 aromatic heterocycles. The Bertz CT molecular complexity index is 2410. The first kappa shape index (κ1) is 39.7. The molecule has 0 radical (unpaired) electrons. The fourth-order valence-electron chi connectivity index (χ4n) is 8.66. The van der Waals surface area contributed by atoms with E-state index in [4.69, 9.17) is 20.4 Å². The van der Waals surface area contributed by atoms with E-state index in [1.54, 1.807) is 0 Å². The number of hydrogen-bond donors (Lipinski definition) is 4. The third-order valence-corrected chi connectivity index (χ3v) is 12.2. The van der Waals surface area contributed by atoms with Crippen LogP contribution in [0, 0.1) is 5.92 Å². The smallest absolute Gasteiger partial charge is 0.407 e. The van der Waals surface area contributed by atoms with Gasteiger partial charge in [-0.1, -0.05) is 99.6 Å². The van der Waals surface area contributed by atoms with Gasteiger partial charge in [0.05, 0.1) is 31.1 Å². The Hall–Kier alpha value is -6.11. The summed E-state index contributed by atoms with van der Waals surface area (Å²) >= 11 is 0. The summed E-state index contributed by atoms with van der Waals surface area (Å²) in [4.78, 5) is 56.2. The zero-order chi connectivity index (χ0) is 41.2. The third kappa shape index (κ3) is 8.15. The first-order valence-corrected chi connectivity index (χ1v) is 20.7. The molecule has 12 heteroatoms. The molecule has 304 valence electrons. The molecule has 3 amide bonds. The van der Waals surface area contributed by atoms with E-state index in [2.05, 4.69) is 89.3 Å². The van der Waals surface area contributed by atoms with Crippen LogP contribution in [0.1, 0.15) is 75.4 Å². The number of likely N-dealkylation sites (tertiary alicyclic amines) is 2. The van der Waals surface area contributed by atoms with E-state index < -0.39 is 18.2 Å². The first-order chi connectivity index (χ1) is 28.6. The molecule has 2 saturated heterocycles. The monoisotopic (exact) mass is 793 g/mol. The van der Waals surface area contributed by atoms with Gasteiger partial charge in [-0.25, -0.2) is 9.78 Å². The minimum Gasteiger partial charge on any atom is -0.453 e. The SMILES string of the molecule is CC[C@H](NC(=O)OC)C(=O)N1C[C@H](c2ccccc2)C[C@H]1c1ncc(-c2ccc(-c3ccc4cc(C5=C[NH2+]C([C@@H]6CCCN6C(=O)[C@@H](N)C(C)C)=N5)ccc4c3)cc2)[nH]1. The van der Waals surface area contributed by atoms with Crippen molar-refractivity contribution in [3.8, 4) is 22.4 Å². The van der Waals surface area contributed by atoms with Gasteiger partial charge < -0.3 is 30.6 Å². The number of fused-ring (bicyclic) bond motifs is 1. The van der Waals surface area contributed by atoms with E-state index in [1.807, 2.05) is 60.3 Å². The van der Waals surface area contributed by atoms with Gasteiger partial charge in [-0.15, -0.1) is 0 Å². The maximum atomic E-state index is 13.9. The molecule has 12 nitrogen and oxygen atoms in total. The number of amides is 3. The zero-order valence-corrected chi connectivity index (χ0v) is 34.1. The van der Waals surface area contributed by atoms with Crippen LogP contribution in [0.2, 0.25) is 0 Å². The average molecular weight is 794 g/mol. The Morgan fingerprint density at radius 1 is 0.898 bits per heavy atom. The molecular formula is C47H53N8O4+. The lowest BCUT2D eigenvalue weighted by Crippen LogP contribution is -2.84. The highest BCUT2D eigenvalue weighted by molar-refractivity contribution is 5.95. The van der Waals surface area contributed by atoms with Gasteiger partial charge in [0.1, 0.15) is 29.8 Å². The van der Waals surface area contributed by atoms with Crippen molar-refractivity contribution in [2.24, 2.45) is 16.6 Å². The van der Waals surface area contributed by atoms with E-state index in [0.717, 1.165) is 69.6 Å². The molecule has 59 heavy (non-hydrogen) atoms. The van der Waals surface area contributed by atoms with E-state index in [1.165, 1.54) is 12.7 Å². The molecule has 5 atom stereocenters. The predicted octanol–water partition coefficient (Wildman–Crippen LogP) is 6.34. The van der Waals surface area contributed by atoms with Crippen LogP contribution in [0.5, 0.6) is 0 Å². The number of nitrogens with two attached hydrogens (primary N) is 2. The van der Waals surface area contributed by atoms with Crippen LogP contribution in [0.3, 0.4) is 0 Å². The summed E-state index contributed by atoms with van der Waals surface area (Å²) < 4.78 is 4.80. The van der Waals surface area contributed by atoms with Gasteiger partial charge in [0.2, 0.25) is 17.6 Å². The van der Waals surface area contributed by atoms with Gasteiger partial charge >= 0.3 is 6.09 Å². The molecule has 4 aromatic carbocycles. The minimum atomic E-state index is -0.702. The third-order valence-electron chi connectivity index (χ3n) is 12.2. The summed E-state index contributed by atoms with van der Waals surface area (Å²) in [6, 6.07) is 30.1. The maximum absolute atomic E-state index is 13.9. The minimum absolute atomic E-state index is 0.00944. The van der Waals surface area contributed by atoms with E-state index in [0.29, 0.717) is 25.2 Å². The first-order valence-electron chi connectivity index (χ1n) is 20.7. The maximum Gasteiger partial charge on any atom is 0.407 e. The highest BCUT2D eigenvalue weighted by Crippen LogP contribution is 2.41. The van der Waals surface area contributed by atoms with Gasteiger partial charge in [0.25, 0.3) is 0 Å². The van der Waals surface area contributed by atoms with Crippen molar-refractivity contribution in [1.82, 2.24) is 25.1 Å². The number of aromatic nitrogens is 2. The van der Waals surface area contributed by atoms with Crippen LogP contribution in [-0.4, -0.2) is 81.8 Å². The zero-order valence-electron chi connectivity index (χ0n) is 34.1. The van der Waals surface area contributed by atoms with Crippen molar-refractivity contribution in [3.63, 3.8) is 0 Å². The van der Waals surface area contributed by atoms with Crippen molar-refractivity contribution in [2.75, 3.05) is 20.2 Å². The summed E-state index contributed by atoms with van der Waals surface area (Å²) in [6.07, 6.45) is 6.25. The number of methoxy groups -OCH3 is 1. The number of quaternary nitrogens is 1. The topological polar surface area (TPSA) is 163 Å². The summed E-state index contributed by atoms with van der Waals surface area (Å²) in [7, 11) is 1.30.